The van der Waals surface area contributed by atoms with E-state index in [4.69, 9.17) is 9.47 Å². The molecule has 0 spiro atoms. The molecular formula is C19H29FN2O3. The van der Waals surface area contributed by atoms with Crippen LogP contribution in [0, 0.1) is 5.82 Å². The minimum atomic E-state index is -0.503. The highest BCUT2D eigenvalue weighted by Crippen LogP contribution is 2.22. The average molecular weight is 352 g/mol. The third-order valence-electron chi connectivity index (χ3n) is 4.23. The van der Waals surface area contributed by atoms with E-state index in [1.165, 1.54) is 13.2 Å². The van der Waals surface area contributed by atoms with Crippen LogP contribution < -0.4 is 10.1 Å². The van der Waals surface area contributed by atoms with Crippen LogP contribution in [-0.2, 0) is 11.3 Å². The van der Waals surface area contributed by atoms with Crippen LogP contribution in [0.3, 0.4) is 0 Å². The summed E-state index contributed by atoms with van der Waals surface area (Å²) in [4.78, 5) is 14.2. The van der Waals surface area contributed by atoms with Crippen molar-refractivity contribution in [2.75, 3.05) is 20.2 Å². The lowest BCUT2D eigenvalue weighted by Crippen LogP contribution is -2.47. The Morgan fingerprint density at radius 1 is 1.36 bits per heavy atom. The lowest BCUT2D eigenvalue weighted by molar-refractivity contribution is 0.0492. The van der Waals surface area contributed by atoms with Gasteiger partial charge in [0.25, 0.3) is 0 Å². The number of hydrogen-bond acceptors (Lipinski definition) is 4. The van der Waals surface area contributed by atoms with Gasteiger partial charge in [-0.05, 0) is 57.9 Å². The first-order valence-electron chi connectivity index (χ1n) is 8.82. The van der Waals surface area contributed by atoms with Gasteiger partial charge in [0.2, 0.25) is 0 Å². The largest absolute Gasteiger partial charge is 0.494 e. The Hall–Kier alpha value is -1.82. The van der Waals surface area contributed by atoms with E-state index in [1.807, 2.05) is 26.8 Å². The van der Waals surface area contributed by atoms with E-state index in [2.05, 4.69) is 10.2 Å². The van der Waals surface area contributed by atoms with E-state index < -0.39 is 11.7 Å². The molecule has 0 saturated carbocycles. The van der Waals surface area contributed by atoms with E-state index in [-0.39, 0.29) is 17.6 Å². The highest BCUT2D eigenvalue weighted by molar-refractivity contribution is 5.67. The smallest absolute Gasteiger partial charge is 0.407 e. The average Bonchev–Trinajstić information content (AvgIpc) is 2.52. The number of carbonyl (C=O) groups is 1. The van der Waals surface area contributed by atoms with Gasteiger partial charge in [-0.2, -0.15) is 0 Å². The SMILES string of the molecule is COc1ccc(CN2CCCC[C@@H]2CNC(=O)OC(C)(C)C)cc1F. The van der Waals surface area contributed by atoms with Crippen molar-refractivity contribution in [2.24, 2.45) is 0 Å². The minimum Gasteiger partial charge on any atom is -0.494 e. The summed E-state index contributed by atoms with van der Waals surface area (Å²) in [6.45, 7) is 7.66. The van der Waals surface area contributed by atoms with Crippen molar-refractivity contribution < 1.29 is 18.7 Å². The number of nitrogens with one attached hydrogen (secondary N) is 1. The number of ether oxygens (including phenoxy) is 2. The standard InChI is InChI=1S/C19H29FN2O3/c1-19(2,3)25-18(23)21-12-15-7-5-6-10-22(15)13-14-8-9-17(24-4)16(20)11-14/h8-9,11,15H,5-7,10,12-13H2,1-4H3,(H,21,23)/t15-/m1/s1. The maximum atomic E-state index is 13.9. The summed E-state index contributed by atoms with van der Waals surface area (Å²) in [5.41, 5.74) is 0.402. The monoisotopic (exact) mass is 352 g/mol. The van der Waals surface area contributed by atoms with Crippen molar-refractivity contribution >= 4 is 6.09 Å². The van der Waals surface area contributed by atoms with Gasteiger partial charge < -0.3 is 14.8 Å². The molecular weight excluding hydrogens is 323 g/mol. The van der Waals surface area contributed by atoms with Gasteiger partial charge in [0.1, 0.15) is 5.60 Å². The number of piperidine rings is 1. The maximum Gasteiger partial charge on any atom is 0.407 e. The molecule has 1 fully saturated rings. The fraction of sp³-hybridized carbons (Fsp3) is 0.632. The Morgan fingerprint density at radius 2 is 2.12 bits per heavy atom. The second-order valence-electron chi connectivity index (χ2n) is 7.47. The predicted molar refractivity (Wildman–Crippen MR) is 95.2 cm³/mol. The molecule has 5 nitrogen and oxygen atoms in total. The third kappa shape index (κ3) is 6.20. The molecule has 1 aliphatic heterocycles. The molecule has 2 rings (SSSR count). The molecule has 0 unspecified atom stereocenters. The molecule has 1 atom stereocenters. The Kier molecular flexibility index (Phi) is 6.64. The van der Waals surface area contributed by atoms with E-state index in [1.54, 1.807) is 6.07 Å². The summed E-state index contributed by atoms with van der Waals surface area (Å²) in [5, 5.41) is 2.86. The first-order valence-corrected chi connectivity index (χ1v) is 8.82. The number of methoxy groups -OCH3 is 1. The van der Waals surface area contributed by atoms with Gasteiger partial charge in [-0.3, -0.25) is 4.90 Å². The Bertz CT molecular complexity index is 587. The van der Waals surface area contributed by atoms with Crippen LogP contribution in [0.25, 0.3) is 0 Å². The number of benzene rings is 1. The van der Waals surface area contributed by atoms with Gasteiger partial charge in [-0.15, -0.1) is 0 Å². The zero-order valence-corrected chi connectivity index (χ0v) is 15.6. The van der Waals surface area contributed by atoms with Gasteiger partial charge >= 0.3 is 6.09 Å². The molecule has 1 aromatic rings. The van der Waals surface area contributed by atoms with Crippen molar-refractivity contribution in [3.05, 3.63) is 29.6 Å². The molecule has 140 valence electrons. The fourth-order valence-corrected chi connectivity index (χ4v) is 3.06. The number of hydrogen-bond donors (Lipinski definition) is 1. The molecule has 1 N–H and O–H groups in total. The number of carbonyl (C=O) groups excluding carboxylic acids is 1. The van der Waals surface area contributed by atoms with Gasteiger partial charge in [0.15, 0.2) is 11.6 Å². The molecule has 1 aromatic carbocycles. The molecule has 1 heterocycles. The predicted octanol–water partition coefficient (Wildman–Crippen LogP) is 3.71. The zero-order valence-electron chi connectivity index (χ0n) is 15.6. The number of amides is 1. The third-order valence-corrected chi connectivity index (χ3v) is 4.23. The Morgan fingerprint density at radius 3 is 2.76 bits per heavy atom. The van der Waals surface area contributed by atoms with Crippen LogP contribution in [-0.4, -0.2) is 42.8 Å². The topological polar surface area (TPSA) is 50.8 Å². The van der Waals surface area contributed by atoms with Crippen molar-refractivity contribution in [1.82, 2.24) is 10.2 Å². The molecule has 6 heteroatoms. The van der Waals surface area contributed by atoms with E-state index in [0.29, 0.717) is 13.1 Å². The normalized spacial score (nSPS) is 18.7. The van der Waals surface area contributed by atoms with Crippen LogP contribution >= 0.6 is 0 Å². The van der Waals surface area contributed by atoms with Gasteiger partial charge in [0.05, 0.1) is 7.11 Å². The van der Waals surface area contributed by atoms with Gasteiger partial charge in [-0.25, -0.2) is 9.18 Å². The van der Waals surface area contributed by atoms with Gasteiger partial charge in [0, 0.05) is 19.1 Å². The molecule has 0 bridgehead atoms. The van der Waals surface area contributed by atoms with Crippen molar-refractivity contribution in [1.29, 1.82) is 0 Å². The molecule has 25 heavy (non-hydrogen) atoms. The van der Waals surface area contributed by atoms with Crippen molar-refractivity contribution in [3.8, 4) is 5.75 Å². The van der Waals surface area contributed by atoms with E-state index >= 15 is 0 Å². The van der Waals surface area contributed by atoms with Gasteiger partial charge in [-0.1, -0.05) is 12.5 Å². The highest BCUT2D eigenvalue weighted by atomic mass is 19.1. The van der Waals surface area contributed by atoms with Crippen molar-refractivity contribution in [2.45, 2.75) is 58.2 Å². The first kappa shape index (κ1) is 19.5. The number of halogens is 1. The van der Waals surface area contributed by atoms with Crippen LogP contribution in [0.5, 0.6) is 5.75 Å². The molecule has 1 aliphatic rings. The van der Waals surface area contributed by atoms with E-state index in [9.17, 15) is 9.18 Å². The summed E-state index contributed by atoms with van der Waals surface area (Å²) in [6, 6.07) is 5.29. The second-order valence-corrected chi connectivity index (χ2v) is 7.47. The molecule has 0 aliphatic carbocycles. The highest BCUT2D eigenvalue weighted by Gasteiger charge is 2.24. The Balaban J connectivity index is 1.93. The summed E-state index contributed by atoms with van der Waals surface area (Å²) in [5.74, 6) is -0.0917. The van der Waals surface area contributed by atoms with Crippen LogP contribution in [0.1, 0.15) is 45.6 Å². The first-order chi connectivity index (χ1) is 11.8. The van der Waals surface area contributed by atoms with Crippen LogP contribution in [0.4, 0.5) is 9.18 Å². The van der Waals surface area contributed by atoms with Crippen LogP contribution in [0.15, 0.2) is 18.2 Å². The fourth-order valence-electron chi connectivity index (χ4n) is 3.06. The zero-order chi connectivity index (χ0) is 18.4. The number of nitrogens with zero attached hydrogens (tertiary/aromatic N) is 1. The minimum absolute atomic E-state index is 0.228. The van der Waals surface area contributed by atoms with E-state index in [0.717, 1.165) is 31.4 Å². The summed E-state index contributed by atoms with van der Waals surface area (Å²) < 4.78 is 24.2. The number of alkyl carbamates (subject to hydrolysis) is 1. The Labute approximate surface area is 149 Å². The van der Waals surface area contributed by atoms with Crippen molar-refractivity contribution in [3.63, 3.8) is 0 Å². The van der Waals surface area contributed by atoms with Crippen LogP contribution in [0.2, 0.25) is 0 Å². The number of likely N-dealkylation sites (tertiary alicyclic amines) is 1. The lowest BCUT2D eigenvalue weighted by Gasteiger charge is -2.36. The lowest BCUT2D eigenvalue weighted by atomic mass is 10.0. The second kappa shape index (κ2) is 8.52. The molecule has 0 aromatic heterocycles. The summed E-state index contributed by atoms with van der Waals surface area (Å²) in [7, 11) is 1.46. The quantitative estimate of drug-likeness (QED) is 0.878. The molecule has 1 amide bonds. The maximum absolute atomic E-state index is 13.9. The molecule has 0 radical (unpaired) electrons. The summed E-state index contributed by atoms with van der Waals surface area (Å²) in [6.07, 6.45) is 2.86. The summed E-state index contributed by atoms with van der Waals surface area (Å²) >= 11 is 0. The molecule has 1 saturated heterocycles. The number of rotatable bonds is 5.